The number of ether oxygens (including phenoxy) is 1. The first kappa shape index (κ1) is 13.1. The van der Waals surface area contributed by atoms with Gasteiger partial charge in [-0.3, -0.25) is 4.79 Å². The number of amides is 1. The van der Waals surface area contributed by atoms with E-state index >= 15 is 0 Å². The number of hydrogen-bond donors (Lipinski definition) is 1. The zero-order valence-corrected chi connectivity index (χ0v) is 10.2. The fraction of sp³-hybridized carbons (Fsp3) is 0.357. The zero-order chi connectivity index (χ0) is 12.7. The first-order chi connectivity index (χ1) is 8.13. The summed E-state index contributed by atoms with van der Waals surface area (Å²) >= 11 is 0. The summed E-state index contributed by atoms with van der Waals surface area (Å²) in [5.41, 5.74) is 0.609. The van der Waals surface area contributed by atoms with Crippen molar-refractivity contribution >= 4 is 5.91 Å². The Kier molecular flexibility index (Phi) is 5.09. The molecule has 1 N–H and O–H groups in total. The standard InChI is InChI=1S/C14H17NO2/c1-4-5-10-15-14(16)12-6-8-13(9-7-12)17-11(2)3/h1,6-9,11H,5,10H2,2-3H3,(H,15,16). The van der Waals surface area contributed by atoms with Crippen molar-refractivity contribution in [1.29, 1.82) is 0 Å². The highest BCUT2D eigenvalue weighted by Gasteiger charge is 2.04. The highest BCUT2D eigenvalue weighted by molar-refractivity contribution is 5.94. The lowest BCUT2D eigenvalue weighted by atomic mass is 10.2. The second-order valence-electron chi connectivity index (χ2n) is 3.90. The molecule has 0 aliphatic rings. The van der Waals surface area contributed by atoms with E-state index in [0.717, 1.165) is 5.75 Å². The summed E-state index contributed by atoms with van der Waals surface area (Å²) in [5, 5.41) is 2.74. The Hall–Kier alpha value is -1.95. The van der Waals surface area contributed by atoms with E-state index in [9.17, 15) is 4.79 Å². The Labute approximate surface area is 102 Å². The van der Waals surface area contributed by atoms with Crippen LogP contribution in [0.1, 0.15) is 30.6 Å². The molecule has 0 aliphatic heterocycles. The lowest BCUT2D eigenvalue weighted by Gasteiger charge is -2.10. The summed E-state index contributed by atoms with van der Waals surface area (Å²) in [7, 11) is 0. The molecule has 0 heterocycles. The van der Waals surface area contributed by atoms with Crippen LogP contribution < -0.4 is 10.1 Å². The van der Waals surface area contributed by atoms with Gasteiger partial charge in [0.05, 0.1) is 6.10 Å². The molecule has 1 amide bonds. The van der Waals surface area contributed by atoms with Crippen LogP contribution in [-0.2, 0) is 0 Å². The number of nitrogens with one attached hydrogen (secondary N) is 1. The summed E-state index contributed by atoms with van der Waals surface area (Å²) in [4.78, 5) is 11.6. The van der Waals surface area contributed by atoms with Gasteiger partial charge in [-0.25, -0.2) is 0 Å². The maximum Gasteiger partial charge on any atom is 0.251 e. The van der Waals surface area contributed by atoms with Crippen LogP contribution in [0, 0.1) is 12.3 Å². The molecule has 0 saturated heterocycles. The van der Waals surface area contributed by atoms with Crippen LogP contribution in [0.3, 0.4) is 0 Å². The minimum absolute atomic E-state index is 0.114. The fourth-order valence-electron chi connectivity index (χ4n) is 1.31. The van der Waals surface area contributed by atoms with Crippen molar-refractivity contribution in [2.45, 2.75) is 26.4 Å². The highest BCUT2D eigenvalue weighted by atomic mass is 16.5. The largest absolute Gasteiger partial charge is 0.491 e. The molecule has 0 spiro atoms. The van der Waals surface area contributed by atoms with Gasteiger partial charge >= 0.3 is 0 Å². The molecular formula is C14H17NO2. The Morgan fingerprint density at radius 1 is 1.41 bits per heavy atom. The third-order valence-corrected chi connectivity index (χ3v) is 2.04. The van der Waals surface area contributed by atoms with E-state index in [1.54, 1.807) is 24.3 Å². The van der Waals surface area contributed by atoms with Crippen LogP contribution in [0.25, 0.3) is 0 Å². The van der Waals surface area contributed by atoms with Gasteiger partial charge in [-0.05, 0) is 38.1 Å². The van der Waals surface area contributed by atoms with Gasteiger partial charge in [-0.15, -0.1) is 12.3 Å². The molecule has 17 heavy (non-hydrogen) atoms. The third kappa shape index (κ3) is 4.60. The molecular weight excluding hydrogens is 214 g/mol. The molecule has 1 aromatic carbocycles. The Bertz CT molecular complexity index is 401. The first-order valence-corrected chi connectivity index (χ1v) is 5.62. The van der Waals surface area contributed by atoms with Gasteiger partial charge < -0.3 is 10.1 Å². The minimum Gasteiger partial charge on any atom is -0.491 e. The molecule has 3 nitrogen and oxygen atoms in total. The van der Waals surface area contributed by atoms with Gasteiger partial charge in [-0.2, -0.15) is 0 Å². The van der Waals surface area contributed by atoms with Crippen LogP contribution >= 0.6 is 0 Å². The Morgan fingerprint density at radius 3 is 2.59 bits per heavy atom. The van der Waals surface area contributed by atoms with Crippen molar-refractivity contribution in [2.75, 3.05) is 6.54 Å². The van der Waals surface area contributed by atoms with Crippen molar-refractivity contribution in [2.24, 2.45) is 0 Å². The monoisotopic (exact) mass is 231 g/mol. The molecule has 0 aliphatic carbocycles. The number of carbonyl (C=O) groups excluding carboxylic acids is 1. The molecule has 1 rings (SSSR count). The minimum atomic E-state index is -0.114. The molecule has 0 bridgehead atoms. The highest BCUT2D eigenvalue weighted by Crippen LogP contribution is 2.13. The van der Waals surface area contributed by atoms with E-state index in [0.29, 0.717) is 18.5 Å². The zero-order valence-electron chi connectivity index (χ0n) is 10.2. The predicted octanol–water partition coefficient (Wildman–Crippen LogP) is 2.23. The van der Waals surface area contributed by atoms with Crippen molar-refractivity contribution in [3.05, 3.63) is 29.8 Å². The van der Waals surface area contributed by atoms with E-state index < -0.39 is 0 Å². The van der Waals surface area contributed by atoms with E-state index in [4.69, 9.17) is 11.2 Å². The van der Waals surface area contributed by atoms with Crippen molar-refractivity contribution in [3.63, 3.8) is 0 Å². The van der Waals surface area contributed by atoms with Crippen LogP contribution in [0.2, 0.25) is 0 Å². The second-order valence-corrected chi connectivity index (χ2v) is 3.90. The quantitative estimate of drug-likeness (QED) is 0.623. The summed E-state index contributed by atoms with van der Waals surface area (Å²) in [6.45, 7) is 4.42. The number of rotatable bonds is 5. The van der Waals surface area contributed by atoms with Gasteiger partial charge in [0.15, 0.2) is 0 Å². The van der Waals surface area contributed by atoms with Crippen LogP contribution in [0.4, 0.5) is 0 Å². The van der Waals surface area contributed by atoms with E-state index in [2.05, 4.69) is 11.2 Å². The van der Waals surface area contributed by atoms with Gasteiger partial charge in [-0.1, -0.05) is 0 Å². The maximum absolute atomic E-state index is 11.6. The summed E-state index contributed by atoms with van der Waals surface area (Å²) in [5.74, 6) is 3.12. The summed E-state index contributed by atoms with van der Waals surface area (Å²) in [6.07, 6.45) is 5.77. The van der Waals surface area contributed by atoms with E-state index in [1.165, 1.54) is 0 Å². The predicted molar refractivity (Wildman–Crippen MR) is 68.0 cm³/mol. The van der Waals surface area contributed by atoms with Crippen molar-refractivity contribution < 1.29 is 9.53 Å². The van der Waals surface area contributed by atoms with Gasteiger partial charge in [0.25, 0.3) is 5.91 Å². The molecule has 0 fully saturated rings. The normalized spacial score (nSPS) is 9.76. The first-order valence-electron chi connectivity index (χ1n) is 5.62. The molecule has 0 unspecified atom stereocenters. The van der Waals surface area contributed by atoms with Crippen molar-refractivity contribution in [1.82, 2.24) is 5.32 Å². The lowest BCUT2D eigenvalue weighted by Crippen LogP contribution is -2.24. The second kappa shape index (κ2) is 6.59. The molecule has 90 valence electrons. The Morgan fingerprint density at radius 2 is 2.06 bits per heavy atom. The lowest BCUT2D eigenvalue weighted by molar-refractivity contribution is 0.0954. The summed E-state index contributed by atoms with van der Waals surface area (Å²) in [6, 6.07) is 7.05. The average molecular weight is 231 g/mol. The summed E-state index contributed by atoms with van der Waals surface area (Å²) < 4.78 is 5.49. The number of hydrogen-bond acceptors (Lipinski definition) is 2. The van der Waals surface area contributed by atoms with Crippen LogP contribution in [0.15, 0.2) is 24.3 Å². The molecule has 3 heteroatoms. The molecule has 1 aromatic rings. The molecule has 0 radical (unpaired) electrons. The van der Waals surface area contributed by atoms with Gasteiger partial charge in [0.1, 0.15) is 5.75 Å². The number of terminal acetylenes is 1. The molecule has 0 aromatic heterocycles. The topological polar surface area (TPSA) is 38.3 Å². The Balaban J connectivity index is 2.55. The fourth-order valence-corrected chi connectivity index (χ4v) is 1.31. The maximum atomic E-state index is 11.6. The van der Waals surface area contributed by atoms with Gasteiger partial charge in [0.2, 0.25) is 0 Å². The average Bonchev–Trinajstić information content (AvgIpc) is 2.29. The van der Waals surface area contributed by atoms with Crippen LogP contribution in [0.5, 0.6) is 5.75 Å². The smallest absolute Gasteiger partial charge is 0.251 e. The van der Waals surface area contributed by atoms with E-state index in [1.807, 2.05) is 13.8 Å². The molecule has 0 saturated carbocycles. The third-order valence-electron chi connectivity index (χ3n) is 2.04. The van der Waals surface area contributed by atoms with Crippen molar-refractivity contribution in [3.8, 4) is 18.1 Å². The number of carbonyl (C=O) groups is 1. The van der Waals surface area contributed by atoms with E-state index in [-0.39, 0.29) is 12.0 Å². The van der Waals surface area contributed by atoms with Crippen LogP contribution in [-0.4, -0.2) is 18.6 Å². The SMILES string of the molecule is C#CCCNC(=O)c1ccc(OC(C)C)cc1. The van der Waals surface area contributed by atoms with Gasteiger partial charge in [0, 0.05) is 18.5 Å². The molecule has 0 atom stereocenters. The number of benzene rings is 1.